The van der Waals surface area contributed by atoms with E-state index >= 15 is 0 Å². The molecular weight excluding hydrogens is 522 g/mol. The van der Waals surface area contributed by atoms with Crippen LogP contribution in [0.5, 0.6) is 11.5 Å². The van der Waals surface area contributed by atoms with Gasteiger partial charge in [0.05, 0.1) is 42.2 Å². The first-order valence-electron chi connectivity index (χ1n) is 13.0. The second-order valence-electron chi connectivity index (χ2n) is 8.05. The van der Waals surface area contributed by atoms with Gasteiger partial charge in [-0.3, -0.25) is 9.89 Å². The van der Waals surface area contributed by atoms with Crippen LogP contribution in [0.4, 0.5) is 11.6 Å². The fourth-order valence-corrected chi connectivity index (χ4v) is 4.06. The number of hydrogen-bond donors (Lipinski definition) is 3. The number of aryl methyl sites for hydroxylation is 1. The highest BCUT2D eigenvalue weighted by atomic mass is 35.5. The molecule has 0 aliphatic carbocycles. The smallest absolute Gasteiger partial charge is 0.258 e. The number of hydrogen-bond acceptors (Lipinski definition) is 8. The molecule has 210 valence electrons. The van der Waals surface area contributed by atoms with E-state index in [1.165, 1.54) is 7.11 Å². The van der Waals surface area contributed by atoms with Gasteiger partial charge in [-0.2, -0.15) is 10.1 Å². The lowest BCUT2D eigenvalue weighted by atomic mass is 10.2. The molecule has 3 N–H and O–H groups in total. The van der Waals surface area contributed by atoms with Gasteiger partial charge in [0.15, 0.2) is 23.9 Å². The SMILES string of the molecule is CC.CC.COc1cc(-c2nc(Nc3ccc4[nH]ncc4c3Cl)n(C)n2)ccc1OCC(=O)NC1CCOC1. The van der Waals surface area contributed by atoms with Crippen LogP contribution in [-0.2, 0) is 16.6 Å². The van der Waals surface area contributed by atoms with Crippen LogP contribution in [0.3, 0.4) is 0 Å². The number of rotatable bonds is 8. The molecule has 1 atom stereocenters. The van der Waals surface area contributed by atoms with Crippen LogP contribution < -0.4 is 20.1 Å². The van der Waals surface area contributed by atoms with E-state index in [4.69, 9.17) is 25.8 Å². The number of carbonyl (C=O) groups is 1. The van der Waals surface area contributed by atoms with Gasteiger partial charge < -0.3 is 24.8 Å². The molecule has 1 saturated heterocycles. The first kappa shape index (κ1) is 29.7. The topological polar surface area (TPSA) is 128 Å². The van der Waals surface area contributed by atoms with Gasteiger partial charge in [-0.15, -0.1) is 5.10 Å². The number of benzene rings is 2. The lowest BCUT2D eigenvalue weighted by Crippen LogP contribution is -2.38. The van der Waals surface area contributed by atoms with Crippen LogP contribution >= 0.6 is 11.6 Å². The molecule has 1 unspecified atom stereocenters. The van der Waals surface area contributed by atoms with E-state index in [0.717, 1.165) is 22.9 Å². The Hall–Kier alpha value is -3.83. The summed E-state index contributed by atoms with van der Waals surface area (Å²) in [4.78, 5) is 16.8. The number of H-pyrrole nitrogens is 1. The minimum absolute atomic E-state index is 0.0323. The number of nitrogens with zero attached hydrogens (tertiary/aromatic N) is 4. The number of aromatic amines is 1. The fraction of sp³-hybridized carbons (Fsp3) is 0.407. The summed E-state index contributed by atoms with van der Waals surface area (Å²) in [5.74, 6) is 1.70. The van der Waals surface area contributed by atoms with Crippen LogP contribution in [0, 0.1) is 0 Å². The van der Waals surface area contributed by atoms with Crippen LogP contribution in [0.1, 0.15) is 34.1 Å². The highest BCUT2D eigenvalue weighted by molar-refractivity contribution is 6.38. The molecule has 1 fully saturated rings. The van der Waals surface area contributed by atoms with Gasteiger partial charge in [0.2, 0.25) is 5.95 Å². The molecular formula is C27H36ClN7O4. The third kappa shape index (κ3) is 7.18. The van der Waals surface area contributed by atoms with E-state index in [-0.39, 0.29) is 18.6 Å². The highest BCUT2D eigenvalue weighted by Gasteiger charge is 2.19. The molecule has 4 aromatic rings. The van der Waals surface area contributed by atoms with Crippen LogP contribution in [-0.4, -0.2) is 63.8 Å². The number of halogens is 1. The molecule has 2 aromatic carbocycles. The standard InChI is InChI=1S/C23H24ClN7O4.2C2H6/c1-31-23(27-17-5-4-16-15(21(17)24)10-25-29-16)28-22(30-31)13-3-6-18(19(9-13)33-2)35-12-20(32)26-14-7-8-34-11-14;2*1-2/h3-6,9-10,14H,7-8,11-12H2,1-2H3,(H,25,29)(H,26,32)(H,27,28,30);2*1-2H3. The van der Waals surface area contributed by atoms with Crippen molar-refractivity contribution >= 4 is 40.0 Å². The summed E-state index contributed by atoms with van der Waals surface area (Å²) in [6.45, 7) is 9.07. The third-order valence-electron chi connectivity index (χ3n) is 5.64. The first-order chi connectivity index (χ1) is 19.0. The number of aromatic nitrogens is 5. The molecule has 1 amide bonds. The van der Waals surface area contributed by atoms with Crippen molar-refractivity contribution in [3.63, 3.8) is 0 Å². The largest absolute Gasteiger partial charge is 0.493 e. The van der Waals surface area contributed by atoms with Crippen LogP contribution in [0.2, 0.25) is 5.02 Å². The van der Waals surface area contributed by atoms with E-state index < -0.39 is 0 Å². The van der Waals surface area contributed by atoms with Crippen molar-refractivity contribution in [3.05, 3.63) is 41.6 Å². The second-order valence-corrected chi connectivity index (χ2v) is 8.43. The summed E-state index contributed by atoms with van der Waals surface area (Å²) in [7, 11) is 3.32. The summed E-state index contributed by atoms with van der Waals surface area (Å²) < 4.78 is 18.1. The number of methoxy groups -OCH3 is 1. The van der Waals surface area contributed by atoms with Gasteiger partial charge in [0, 0.05) is 24.6 Å². The zero-order chi connectivity index (χ0) is 28.4. The molecule has 11 nitrogen and oxygen atoms in total. The van der Waals surface area contributed by atoms with Gasteiger partial charge >= 0.3 is 0 Å². The summed E-state index contributed by atoms with van der Waals surface area (Å²) in [6, 6.07) is 9.07. The molecule has 0 radical (unpaired) electrons. The maximum atomic E-state index is 12.2. The normalized spacial score (nSPS) is 14.1. The van der Waals surface area contributed by atoms with Gasteiger partial charge in [0.1, 0.15) is 0 Å². The van der Waals surface area contributed by atoms with Crippen molar-refractivity contribution < 1.29 is 19.0 Å². The first-order valence-corrected chi connectivity index (χ1v) is 13.4. The molecule has 5 rings (SSSR count). The average molecular weight is 558 g/mol. The van der Waals surface area contributed by atoms with E-state index in [2.05, 4.69) is 30.9 Å². The highest BCUT2D eigenvalue weighted by Crippen LogP contribution is 2.34. The number of fused-ring (bicyclic) bond motifs is 1. The van der Waals surface area contributed by atoms with Crippen molar-refractivity contribution in [1.29, 1.82) is 0 Å². The van der Waals surface area contributed by atoms with Crippen LogP contribution in [0.25, 0.3) is 22.3 Å². The summed E-state index contributed by atoms with van der Waals surface area (Å²) >= 11 is 6.52. The Morgan fingerprint density at radius 1 is 1.21 bits per heavy atom. The number of anilines is 2. The van der Waals surface area contributed by atoms with Gasteiger partial charge in [-0.1, -0.05) is 39.3 Å². The quantitative estimate of drug-likeness (QED) is 0.273. The Bertz CT molecular complexity index is 1370. The Morgan fingerprint density at radius 2 is 2.00 bits per heavy atom. The predicted octanol–water partition coefficient (Wildman–Crippen LogP) is 5.10. The number of carbonyl (C=O) groups excluding carboxylic acids is 1. The lowest BCUT2D eigenvalue weighted by Gasteiger charge is -2.13. The monoisotopic (exact) mass is 557 g/mol. The number of nitrogens with one attached hydrogen (secondary N) is 3. The number of amides is 1. The van der Waals surface area contributed by atoms with Crippen molar-refractivity contribution in [2.75, 3.05) is 32.2 Å². The van der Waals surface area contributed by atoms with Gasteiger partial charge in [-0.25, -0.2) is 4.68 Å². The Morgan fingerprint density at radius 3 is 2.72 bits per heavy atom. The molecule has 2 aromatic heterocycles. The summed E-state index contributed by atoms with van der Waals surface area (Å²) in [5.41, 5.74) is 2.26. The molecule has 39 heavy (non-hydrogen) atoms. The maximum Gasteiger partial charge on any atom is 0.258 e. The van der Waals surface area contributed by atoms with E-state index in [1.807, 2.05) is 45.9 Å². The van der Waals surface area contributed by atoms with Crippen molar-refractivity contribution in [2.45, 2.75) is 40.2 Å². The van der Waals surface area contributed by atoms with Gasteiger partial charge in [0.25, 0.3) is 5.91 Å². The fourth-order valence-electron chi connectivity index (χ4n) is 3.80. The van der Waals surface area contributed by atoms with E-state index in [0.29, 0.717) is 47.2 Å². The van der Waals surface area contributed by atoms with Crippen molar-refractivity contribution in [1.82, 2.24) is 30.3 Å². The predicted molar refractivity (Wildman–Crippen MR) is 153 cm³/mol. The van der Waals surface area contributed by atoms with Crippen molar-refractivity contribution in [3.8, 4) is 22.9 Å². The summed E-state index contributed by atoms with van der Waals surface area (Å²) in [6.07, 6.45) is 2.48. The maximum absolute atomic E-state index is 12.2. The average Bonchev–Trinajstić information content (AvgIpc) is 3.74. The lowest BCUT2D eigenvalue weighted by molar-refractivity contribution is -0.123. The Balaban J connectivity index is 0.00000100. The Labute approximate surface area is 233 Å². The zero-order valence-corrected chi connectivity index (χ0v) is 23.9. The van der Waals surface area contributed by atoms with Crippen LogP contribution in [0.15, 0.2) is 36.5 Å². The van der Waals surface area contributed by atoms with Gasteiger partial charge in [-0.05, 0) is 36.8 Å². The Kier molecular flexibility index (Phi) is 10.9. The minimum Gasteiger partial charge on any atom is -0.493 e. The number of ether oxygens (including phenoxy) is 3. The van der Waals surface area contributed by atoms with E-state index in [9.17, 15) is 4.79 Å². The van der Waals surface area contributed by atoms with Crippen molar-refractivity contribution in [2.24, 2.45) is 7.05 Å². The molecule has 1 aliphatic rings. The van der Waals surface area contributed by atoms with E-state index in [1.54, 1.807) is 30.1 Å². The minimum atomic E-state index is -0.207. The molecule has 1 aliphatic heterocycles. The molecule has 0 bridgehead atoms. The zero-order valence-electron chi connectivity index (χ0n) is 23.2. The third-order valence-corrected chi connectivity index (χ3v) is 6.05. The molecule has 12 heteroatoms. The second kappa shape index (κ2) is 14.4. The summed E-state index contributed by atoms with van der Waals surface area (Å²) in [5, 5.41) is 18.9. The molecule has 0 saturated carbocycles. The molecule has 3 heterocycles. The molecule has 0 spiro atoms.